The predicted molar refractivity (Wildman–Crippen MR) is 114 cm³/mol. The summed E-state index contributed by atoms with van der Waals surface area (Å²) in [6.07, 6.45) is 1.34. The summed E-state index contributed by atoms with van der Waals surface area (Å²) in [4.78, 5) is 34.2. The molecule has 4 aromatic rings. The molecule has 30 heavy (non-hydrogen) atoms. The highest BCUT2D eigenvalue weighted by Gasteiger charge is 2.10. The first-order valence-electron chi connectivity index (χ1n) is 9.19. The van der Waals surface area contributed by atoms with Gasteiger partial charge in [-0.2, -0.15) is 5.10 Å². The second kappa shape index (κ2) is 8.04. The molecule has 0 fully saturated rings. The second-order valence-electron chi connectivity index (χ2n) is 6.57. The number of aromatic hydroxyl groups is 1. The molecule has 0 saturated carbocycles. The van der Waals surface area contributed by atoms with Crippen molar-refractivity contribution in [3.8, 4) is 5.75 Å². The van der Waals surface area contributed by atoms with E-state index in [9.17, 15) is 14.7 Å². The first-order chi connectivity index (χ1) is 14.5. The van der Waals surface area contributed by atoms with E-state index in [2.05, 4.69) is 15.5 Å². The van der Waals surface area contributed by atoms with Crippen LogP contribution in [0.3, 0.4) is 0 Å². The number of aryl methyl sites for hydroxylation is 1. The number of carbonyl (C=O) groups is 1. The summed E-state index contributed by atoms with van der Waals surface area (Å²) in [5, 5.41) is 16.2. The predicted octanol–water partition coefficient (Wildman–Crippen LogP) is 2.14. The average Bonchev–Trinajstić information content (AvgIpc) is 2.75. The summed E-state index contributed by atoms with van der Waals surface area (Å²) in [7, 11) is 0. The molecule has 3 aromatic carbocycles. The van der Waals surface area contributed by atoms with E-state index in [4.69, 9.17) is 4.84 Å². The molecule has 0 unspecified atom stereocenters. The van der Waals surface area contributed by atoms with Crippen molar-refractivity contribution in [1.82, 2.24) is 15.1 Å². The molecule has 2 N–H and O–H groups in total. The Morgan fingerprint density at radius 2 is 1.87 bits per heavy atom. The number of nitrogens with one attached hydrogen (secondary N) is 1. The van der Waals surface area contributed by atoms with E-state index in [1.165, 1.54) is 6.21 Å². The molecule has 0 aliphatic heterocycles. The van der Waals surface area contributed by atoms with Crippen LogP contribution in [0, 0.1) is 6.92 Å². The van der Waals surface area contributed by atoms with E-state index < -0.39 is 18.1 Å². The Balaban J connectivity index is 1.43. The monoisotopic (exact) mass is 402 g/mol. The largest absolute Gasteiger partial charge is 0.507 e. The van der Waals surface area contributed by atoms with E-state index in [1.54, 1.807) is 43.3 Å². The van der Waals surface area contributed by atoms with Gasteiger partial charge in [0.2, 0.25) is 0 Å². The molecule has 8 heteroatoms. The minimum absolute atomic E-state index is 0.0757. The zero-order valence-corrected chi connectivity index (χ0v) is 16.1. The van der Waals surface area contributed by atoms with Gasteiger partial charge in [0.25, 0.3) is 11.5 Å². The van der Waals surface area contributed by atoms with Crippen LogP contribution >= 0.6 is 0 Å². The number of fused-ring (bicyclic) bond motifs is 2. The molecule has 0 radical (unpaired) electrons. The van der Waals surface area contributed by atoms with Crippen LogP contribution in [0.25, 0.3) is 21.7 Å². The van der Waals surface area contributed by atoms with Crippen LogP contribution in [0.5, 0.6) is 5.75 Å². The van der Waals surface area contributed by atoms with Gasteiger partial charge in [-0.15, -0.1) is 4.73 Å². The lowest BCUT2D eigenvalue weighted by Gasteiger charge is -2.11. The summed E-state index contributed by atoms with van der Waals surface area (Å²) in [6, 6.07) is 17.8. The fourth-order valence-electron chi connectivity index (χ4n) is 3.09. The summed E-state index contributed by atoms with van der Waals surface area (Å²) in [5.74, 6) is -0.158. The summed E-state index contributed by atoms with van der Waals surface area (Å²) < 4.78 is 0.987. The third-order valence-electron chi connectivity index (χ3n) is 4.54. The number of phenols is 1. The molecule has 0 bridgehead atoms. The molecule has 0 atom stereocenters. The van der Waals surface area contributed by atoms with Crippen LogP contribution < -0.4 is 15.8 Å². The zero-order valence-electron chi connectivity index (χ0n) is 16.1. The number of hydrogen-bond donors (Lipinski definition) is 2. The number of nitrogens with zero attached hydrogens (tertiary/aromatic N) is 3. The van der Waals surface area contributed by atoms with Crippen LogP contribution in [0.4, 0.5) is 0 Å². The van der Waals surface area contributed by atoms with E-state index in [0.717, 1.165) is 10.1 Å². The normalized spacial score (nSPS) is 11.2. The Hall–Kier alpha value is -4.20. The Labute approximate surface area is 171 Å². The molecule has 0 saturated heterocycles. The number of phenolic OH excluding ortho intramolecular Hbond substituents is 1. The van der Waals surface area contributed by atoms with Gasteiger partial charge in [0.15, 0.2) is 6.61 Å². The lowest BCUT2D eigenvalue weighted by atomic mass is 10.1. The van der Waals surface area contributed by atoms with Crippen LogP contribution in [0.1, 0.15) is 11.4 Å². The third kappa shape index (κ3) is 3.70. The zero-order chi connectivity index (χ0) is 21.1. The van der Waals surface area contributed by atoms with Gasteiger partial charge in [0.1, 0.15) is 11.6 Å². The molecule has 8 nitrogen and oxygen atoms in total. The number of benzene rings is 3. The van der Waals surface area contributed by atoms with Crippen LogP contribution in [-0.2, 0) is 4.79 Å². The molecule has 1 heterocycles. The fraction of sp³-hybridized carbons (Fsp3) is 0.0909. The summed E-state index contributed by atoms with van der Waals surface area (Å²) >= 11 is 0. The Morgan fingerprint density at radius 1 is 1.13 bits per heavy atom. The van der Waals surface area contributed by atoms with Crippen molar-refractivity contribution >= 4 is 33.8 Å². The van der Waals surface area contributed by atoms with Crippen LogP contribution in [0.2, 0.25) is 0 Å². The number of amides is 1. The maximum absolute atomic E-state index is 12.5. The molecular formula is C22H18N4O4. The van der Waals surface area contributed by atoms with Gasteiger partial charge in [-0.1, -0.05) is 42.5 Å². The van der Waals surface area contributed by atoms with Crippen molar-refractivity contribution in [2.75, 3.05) is 6.61 Å². The first kappa shape index (κ1) is 19.1. The molecule has 0 aliphatic rings. The summed E-state index contributed by atoms with van der Waals surface area (Å²) in [5.41, 5.74) is 2.94. The highest BCUT2D eigenvalue weighted by molar-refractivity contribution is 5.97. The van der Waals surface area contributed by atoms with Crippen molar-refractivity contribution in [2.24, 2.45) is 5.10 Å². The highest BCUT2D eigenvalue weighted by Crippen LogP contribution is 2.27. The second-order valence-corrected chi connectivity index (χ2v) is 6.57. The minimum Gasteiger partial charge on any atom is -0.507 e. The first-order valence-corrected chi connectivity index (χ1v) is 9.19. The maximum atomic E-state index is 12.5. The number of hydrazone groups is 1. The van der Waals surface area contributed by atoms with Crippen LogP contribution in [-0.4, -0.2) is 33.5 Å². The van der Waals surface area contributed by atoms with Gasteiger partial charge in [0.05, 0.1) is 17.1 Å². The molecule has 1 amide bonds. The summed E-state index contributed by atoms with van der Waals surface area (Å²) in [6.45, 7) is 1.19. The molecule has 0 aliphatic carbocycles. The number of aromatic nitrogens is 2. The van der Waals surface area contributed by atoms with Gasteiger partial charge in [0, 0.05) is 10.9 Å². The number of carbonyl (C=O) groups excluding carboxylic acids is 1. The molecule has 0 spiro atoms. The van der Waals surface area contributed by atoms with Crippen molar-refractivity contribution in [1.29, 1.82) is 0 Å². The Kier molecular flexibility index (Phi) is 5.13. The van der Waals surface area contributed by atoms with Crippen LogP contribution in [0.15, 0.2) is 70.6 Å². The van der Waals surface area contributed by atoms with Gasteiger partial charge in [-0.25, -0.2) is 10.4 Å². The average molecular weight is 402 g/mol. The lowest BCUT2D eigenvalue weighted by molar-refractivity contribution is -0.126. The van der Waals surface area contributed by atoms with Gasteiger partial charge < -0.3 is 9.94 Å². The third-order valence-corrected chi connectivity index (χ3v) is 4.54. The van der Waals surface area contributed by atoms with Crippen molar-refractivity contribution in [2.45, 2.75) is 6.92 Å². The van der Waals surface area contributed by atoms with Gasteiger partial charge in [-0.05, 0) is 30.5 Å². The number of para-hydroxylation sites is 1. The molecule has 1 aromatic heterocycles. The lowest BCUT2D eigenvalue weighted by Crippen LogP contribution is -2.35. The van der Waals surface area contributed by atoms with E-state index in [0.29, 0.717) is 27.7 Å². The topological polar surface area (TPSA) is 106 Å². The van der Waals surface area contributed by atoms with Crippen molar-refractivity contribution in [3.05, 3.63) is 82.4 Å². The minimum atomic E-state index is -0.564. The quantitative estimate of drug-likeness (QED) is 0.393. The van der Waals surface area contributed by atoms with E-state index in [-0.39, 0.29) is 5.75 Å². The Morgan fingerprint density at radius 3 is 2.70 bits per heavy atom. The van der Waals surface area contributed by atoms with Crippen molar-refractivity contribution < 1.29 is 14.7 Å². The SMILES string of the molecule is Cc1nc2ccccc2c(=O)n1OCC(=O)NN=Cc1ccc2ccccc2c1O. The number of rotatable bonds is 5. The van der Waals surface area contributed by atoms with Gasteiger partial charge in [-0.3, -0.25) is 9.59 Å². The Bertz CT molecular complexity index is 1340. The highest BCUT2D eigenvalue weighted by atomic mass is 16.7. The van der Waals surface area contributed by atoms with Crippen molar-refractivity contribution in [3.63, 3.8) is 0 Å². The fourth-order valence-corrected chi connectivity index (χ4v) is 3.09. The smallest absolute Gasteiger partial charge is 0.294 e. The molecule has 4 rings (SSSR count). The standard InChI is InChI=1S/C22H18N4O4/c1-14-24-19-9-5-4-8-18(19)22(29)26(14)30-13-20(27)25-23-12-16-11-10-15-6-2-3-7-17(15)21(16)28/h2-12,28H,13H2,1H3,(H,25,27). The van der Waals surface area contributed by atoms with E-state index >= 15 is 0 Å². The van der Waals surface area contributed by atoms with Gasteiger partial charge >= 0.3 is 0 Å². The maximum Gasteiger partial charge on any atom is 0.294 e. The number of hydrogen-bond acceptors (Lipinski definition) is 6. The van der Waals surface area contributed by atoms with E-state index in [1.807, 2.05) is 24.3 Å². The molecule has 150 valence electrons. The molecular weight excluding hydrogens is 384 g/mol.